The standard InChI is InChI=1S/C24H32O7/c1-4-30-21(29)31-24(19(28)13-25)10-8-17-16-6-5-14-11-15(26)7-9-22(14,2)20(16)18(27)12-23(17,24)3/h7,9,11,16-18,20,25,27H,4-6,8,10,12-13H2,1-3H3/t16-,17-,18-,20+,22-,23-,24-/m0/s1. The highest BCUT2D eigenvalue weighted by atomic mass is 16.7. The first-order valence-corrected chi connectivity index (χ1v) is 11.2. The first-order valence-electron chi connectivity index (χ1n) is 11.2. The van der Waals surface area contributed by atoms with Gasteiger partial charge in [0.1, 0.15) is 6.61 Å². The van der Waals surface area contributed by atoms with Crippen LogP contribution in [0.5, 0.6) is 0 Å². The smallest absolute Gasteiger partial charge is 0.435 e. The second kappa shape index (κ2) is 7.55. The van der Waals surface area contributed by atoms with Crippen molar-refractivity contribution in [2.24, 2.45) is 28.6 Å². The van der Waals surface area contributed by atoms with Gasteiger partial charge in [-0.05, 0) is 63.0 Å². The Balaban J connectivity index is 1.73. The summed E-state index contributed by atoms with van der Waals surface area (Å²) in [5, 5.41) is 21.2. The van der Waals surface area contributed by atoms with E-state index >= 15 is 0 Å². The lowest BCUT2D eigenvalue weighted by molar-refractivity contribution is -0.183. The van der Waals surface area contributed by atoms with E-state index in [1.54, 1.807) is 19.1 Å². The predicted molar refractivity (Wildman–Crippen MR) is 111 cm³/mol. The number of rotatable bonds is 4. The molecule has 2 N–H and O–H groups in total. The molecule has 0 radical (unpaired) electrons. The number of allylic oxidation sites excluding steroid dienone is 4. The third-order valence-corrected chi connectivity index (χ3v) is 8.73. The molecule has 0 spiro atoms. The molecule has 0 aromatic carbocycles. The Hall–Kier alpha value is -1.99. The van der Waals surface area contributed by atoms with E-state index in [1.807, 2.05) is 13.0 Å². The number of ether oxygens (including phenoxy) is 2. The number of fused-ring (bicyclic) bond motifs is 5. The van der Waals surface area contributed by atoms with E-state index < -0.39 is 41.1 Å². The van der Waals surface area contributed by atoms with Crippen molar-refractivity contribution >= 4 is 17.7 Å². The molecule has 31 heavy (non-hydrogen) atoms. The van der Waals surface area contributed by atoms with Crippen LogP contribution in [0.15, 0.2) is 23.8 Å². The summed E-state index contributed by atoms with van der Waals surface area (Å²) >= 11 is 0. The van der Waals surface area contributed by atoms with Crippen LogP contribution in [-0.4, -0.2) is 52.9 Å². The minimum Gasteiger partial charge on any atom is -0.435 e. The van der Waals surface area contributed by atoms with Crippen LogP contribution in [0.4, 0.5) is 4.79 Å². The van der Waals surface area contributed by atoms with Gasteiger partial charge in [0, 0.05) is 16.7 Å². The van der Waals surface area contributed by atoms with Gasteiger partial charge in [-0.3, -0.25) is 9.59 Å². The second-order valence-electron chi connectivity index (χ2n) is 9.94. The third-order valence-electron chi connectivity index (χ3n) is 8.73. The quantitative estimate of drug-likeness (QED) is 0.657. The number of aliphatic hydroxyl groups is 2. The molecule has 0 saturated heterocycles. The fourth-order valence-electron chi connectivity index (χ4n) is 7.41. The highest BCUT2D eigenvalue weighted by Crippen LogP contribution is 2.67. The van der Waals surface area contributed by atoms with E-state index in [4.69, 9.17) is 9.47 Å². The maximum Gasteiger partial charge on any atom is 0.509 e. The molecule has 0 bridgehead atoms. The zero-order chi connectivity index (χ0) is 22.6. The highest BCUT2D eigenvalue weighted by Gasteiger charge is 2.70. The zero-order valence-electron chi connectivity index (χ0n) is 18.4. The van der Waals surface area contributed by atoms with Crippen molar-refractivity contribution in [1.29, 1.82) is 0 Å². The molecule has 7 nitrogen and oxygen atoms in total. The van der Waals surface area contributed by atoms with Gasteiger partial charge >= 0.3 is 6.16 Å². The number of hydrogen-bond acceptors (Lipinski definition) is 7. The molecular weight excluding hydrogens is 400 g/mol. The minimum atomic E-state index is -1.51. The topological polar surface area (TPSA) is 110 Å². The van der Waals surface area contributed by atoms with E-state index in [0.717, 1.165) is 18.4 Å². The first-order chi connectivity index (χ1) is 14.6. The maximum absolute atomic E-state index is 13.0. The number of Topliss-reactive ketones (excluding diaryl/α,β-unsaturated/α-hetero) is 1. The van der Waals surface area contributed by atoms with Crippen molar-refractivity contribution in [3.8, 4) is 0 Å². The van der Waals surface area contributed by atoms with Crippen LogP contribution in [0.25, 0.3) is 0 Å². The van der Waals surface area contributed by atoms with Crippen LogP contribution in [0, 0.1) is 28.6 Å². The lowest BCUT2D eigenvalue weighted by atomic mass is 9.46. The highest BCUT2D eigenvalue weighted by molar-refractivity contribution is 6.01. The Kier molecular flexibility index (Phi) is 5.41. The summed E-state index contributed by atoms with van der Waals surface area (Å²) in [5.41, 5.74) is -1.68. The summed E-state index contributed by atoms with van der Waals surface area (Å²) < 4.78 is 10.7. The fourth-order valence-corrected chi connectivity index (χ4v) is 7.41. The van der Waals surface area contributed by atoms with Crippen LogP contribution in [-0.2, 0) is 19.1 Å². The van der Waals surface area contributed by atoms with Crippen LogP contribution in [0.1, 0.15) is 52.9 Å². The van der Waals surface area contributed by atoms with Crippen molar-refractivity contribution in [2.75, 3.05) is 13.2 Å². The molecule has 4 rings (SSSR count). The average molecular weight is 433 g/mol. The summed E-state index contributed by atoms with van der Waals surface area (Å²) in [5.74, 6) is -0.500. The Morgan fingerprint density at radius 2 is 2.00 bits per heavy atom. The molecule has 4 aliphatic rings. The molecule has 4 aliphatic carbocycles. The number of carbonyl (C=O) groups excluding carboxylic acids is 3. The summed E-state index contributed by atoms with van der Waals surface area (Å²) in [6.07, 6.45) is 6.35. The number of ketones is 2. The summed E-state index contributed by atoms with van der Waals surface area (Å²) in [4.78, 5) is 37.2. The molecule has 3 saturated carbocycles. The molecule has 0 unspecified atom stereocenters. The van der Waals surface area contributed by atoms with E-state index in [-0.39, 0.29) is 36.6 Å². The molecule has 0 aromatic heterocycles. The molecule has 170 valence electrons. The molecule has 7 heteroatoms. The number of aliphatic hydroxyl groups excluding tert-OH is 2. The third kappa shape index (κ3) is 3.04. The zero-order valence-corrected chi connectivity index (χ0v) is 18.4. The summed E-state index contributed by atoms with van der Waals surface area (Å²) in [6, 6.07) is 0. The van der Waals surface area contributed by atoms with Crippen LogP contribution in [0.3, 0.4) is 0 Å². The Labute approximate surface area is 182 Å². The van der Waals surface area contributed by atoms with Gasteiger partial charge in [0.05, 0.1) is 12.7 Å². The van der Waals surface area contributed by atoms with E-state index in [1.165, 1.54) is 0 Å². The summed E-state index contributed by atoms with van der Waals surface area (Å²) in [7, 11) is 0. The fraction of sp³-hybridized carbons (Fsp3) is 0.708. The van der Waals surface area contributed by atoms with E-state index in [9.17, 15) is 24.6 Å². The number of hydrogen-bond donors (Lipinski definition) is 2. The van der Waals surface area contributed by atoms with Gasteiger partial charge in [0.2, 0.25) is 5.78 Å². The minimum absolute atomic E-state index is 0.0164. The van der Waals surface area contributed by atoms with E-state index in [2.05, 4.69) is 6.92 Å². The SMILES string of the molecule is CCOC(=O)O[C@]1(C(=O)CO)CC[C@H]2[C@@H]3CCC4=CC(=O)C=C[C@]4(C)[C@H]3[C@@H](O)C[C@@]21C. The van der Waals surface area contributed by atoms with Crippen LogP contribution < -0.4 is 0 Å². The average Bonchev–Trinajstić information content (AvgIpc) is 3.00. The van der Waals surface area contributed by atoms with Gasteiger partial charge in [-0.2, -0.15) is 0 Å². The van der Waals surface area contributed by atoms with Crippen molar-refractivity contribution in [3.05, 3.63) is 23.8 Å². The largest absolute Gasteiger partial charge is 0.509 e. The molecule has 7 atom stereocenters. The van der Waals surface area contributed by atoms with Gasteiger partial charge in [-0.15, -0.1) is 0 Å². The Morgan fingerprint density at radius 3 is 2.68 bits per heavy atom. The van der Waals surface area contributed by atoms with Gasteiger partial charge in [-0.25, -0.2) is 4.79 Å². The Morgan fingerprint density at radius 1 is 1.26 bits per heavy atom. The number of carbonyl (C=O) groups is 3. The molecule has 0 aliphatic heterocycles. The lowest BCUT2D eigenvalue weighted by Gasteiger charge is -2.59. The first kappa shape index (κ1) is 22.2. The van der Waals surface area contributed by atoms with Crippen LogP contribution >= 0.6 is 0 Å². The van der Waals surface area contributed by atoms with Gasteiger partial charge in [0.15, 0.2) is 11.4 Å². The molecule has 0 aromatic rings. The lowest BCUT2D eigenvalue weighted by Crippen LogP contribution is -2.63. The van der Waals surface area contributed by atoms with Crippen molar-refractivity contribution < 1.29 is 34.1 Å². The molecule has 0 amide bonds. The molecular formula is C24H32O7. The molecule has 3 fully saturated rings. The van der Waals surface area contributed by atoms with Gasteiger partial charge < -0.3 is 19.7 Å². The van der Waals surface area contributed by atoms with Crippen molar-refractivity contribution in [1.82, 2.24) is 0 Å². The van der Waals surface area contributed by atoms with E-state index in [0.29, 0.717) is 12.8 Å². The van der Waals surface area contributed by atoms with Gasteiger partial charge in [-0.1, -0.05) is 25.5 Å². The van der Waals surface area contributed by atoms with Crippen LogP contribution in [0.2, 0.25) is 0 Å². The second-order valence-corrected chi connectivity index (χ2v) is 9.94. The maximum atomic E-state index is 13.0. The van der Waals surface area contributed by atoms with Crippen molar-refractivity contribution in [3.63, 3.8) is 0 Å². The predicted octanol–water partition coefficient (Wildman–Crippen LogP) is 2.74. The molecule has 0 heterocycles. The monoisotopic (exact) mass is 432 g/mol. The van der Waals surface area contributed by atoms with Crippen molar-refractivity contribution in [2.45, 2.75) is 64.6 Å². The summed E-state index contributed by atoms with van der Waals surface area (Å²) in [6.45, 7) is 5.03. The Bertz CT molecular complexity index is 860. The van der Waals surface area contributed by atoms with Gasteiger partial charge in [0.25, 0.3) is 0 Å². The normalized spacial score (nSPS) is 43.4.